The molecule has 8 heavy (non-hydrogen) atoms. The second-order valence-electron chi connectivity index (χ2n) is 2.79. The predicted molar refractivity (Wildman–Crippen MR) is 32.3 cm³/mol. The van der Waals surface area contributed by atoms with E-state index in [-0.39, 0.29) is 12.1 Å². The van der Waals surface area contributed by atoms with Crippen molar-refractivity contribution in [2.75, 3.05) is 0 Å². The first-order valence-corrected chi connectivity index (χ1v) is 3.08. The van der Waals surface area contributed by atoms with Gasteiger partial charge in [0.25, 0.3) is 0 Å². The zero-order valence-electron chi connectivity index (χ0n) is 5.33. The second-order valence-corrected chi connectivity index (χ2v) is 2.79. The van der Waals surface area contributed by atoms with Crippen molar-refractivity contribution < 1.29 is 5.11 Å². The van der Waals surface area contributed by atoms with Crippen LogP contribution in [0.4, 0.5) is 0 Å². The Kier molecular flexibility index (Phi) is 1.29. The van der Waals surface area contributed by atoms with Crippen LogP contribution in [-0.2, 0) is 0 Å². The summed E-state index contributed by atoms with van der Waals surface area (Å²) in [7, 11) is 0. The van der Waals surface area contributed by atoms with Gasteiger partial charge in [0.15, 0.2) is 0 Å². The molecular formula is C6H13NO. The van der Waals surface area contributed by atoms with Gasteiger partial charge in [-0.15, -0.1) is 0 Å². The Balaban J connectivity index is 2.42. The molecule has 1 fully saturated rings. The summed E-state index contributed by atoms with van der Waals surface area (Å²) in [5, 5.41) is 9.08. The molecule has 48 valence electrons. The van der Waals surface area contributed by atoms with Gasteiger partial charge in [0.1, 0.15) is 0 Å². The Morgan fingerprint density at radius 2 is 1.62 bits per heavy atom. The molecule has 2 nitrogen and oxygen atoms in total. The van der Waals surface area contributed by atoms with E-state index in [1.807, 2.05) is 13.8 Å². The van der Waals surface area contributed by atoms with Gasteiger partial charge in [0.05, 0.1) is 6.10 Å². The van der Waals surface area contributed by atoms with Crippen LogP contribution < -0.4 is 5.73 Å². The maximum atomic E-state index is 9.08. The first kappa shape index (κ1) is 6.05. The molecule has 0 spiro atoms. The van der Waals surface area contributed by atoms with Crippen LogP contribution in [0.5, 0.6) is 0 Å². The summed E-state index contributed by atoms with van der Waals surface area (Å²) in [6.07, 6.45) is -0.148. The second kappa shape index (κ2) is 1.71. The maximum absolute atomic E-state index is 9.08. The third kappa shape index (κ3) is 0.565. The Morgan fingerprint density at radius 3 is 1.75 bits per heavy atom. The van der Waals surface area contributed by atoms with Crippen molar-refractivity contribution in [2.45, 2.75) is 26.0 Å². The molecule has 0 aromatic rings. The van der Waals surface area contributed by atoms with Gasteiger partial charge >= 0.3 is 0 Å². The monoisotopic (exact) mass is 115 g/mol. The predicted octanol–water partition coefficient (Wildman–Crippen LogP) is -0.0396. The van der Waals surface area contributed by atoms with Gasteiger partial charge in [0, 0.05) is 6.04 Å². The minimum absolute atomic E-state index is 0.148. The van der Waals surface area contributed by atoms with Crippen LogP contribution in [0.15, 0.2) is 0 Å². The lowest BCUT2D eigenvalue weighted by Gasteiger charge is -2.43. The fraction of sp³-hybridized carbons (Fsp3) is 1.00. The minimum Gasteiger partial charge on any atom is -0.392 e. The molecule has 0 aromatic carbocycles. The van der Waals surface area contributed by atoms with E-state index < -0.39 is 0 Å². The third-order valence-electron chi connectivity index (χ3n) is 2.29. The molecular weight excluding hydrogens is 102 g/mol. The normalized spacial score (nSPS) is 55.5. The molecule has 1 aliphatic rings. The summed E-state index contributed by atoms with van der Waals surface area (Å²) in [4.78, 5) is 0. The van der Waals surface area contributed by atoms with Gasteiger partial charge in [-0.25, -0.2) is 0 Å². The summed E-state index contributed by atoms with van der Waals surface area (Å²) in [6, 6.07) is 0.227. The van der Waals surface area contributed by atoms with E-state index in [1.54, 1.807) is 0 Å². The number of aliphatic hydroxyl groups is 1. The number of nitrogens with two attached hydrogens (primary N) is 1. The molecule has 1 aliphatic carbocycles. The Labute approximate surface area is 49.7 Å². The van der Waals surface area contributed by atoms with Gasteiger partial charge in [0.2, 0.25) is 0 Å². The molecule has 2 unspecified atom stereocenters. The lowest BCUT2D eigenvalue weighted by atomic mass is 9.70. The van der Waals surface area contributed by atoms with Crippen LogP contribution in [0, 0.1) is 11.8 Å². The summed E-state index contributed by atoms with van der Waals surface area (Å²) >= 11 is 0. The fourth-order valence-electron chi connectivity index (χ4n) is 1.27. The topological polar surface area (TPSA) is 46.2 Å². The molecule has 0 radical (unpaired) electrons. The third-order valence-corrected chi connectivity index (χ3v) is 2.29. The van der Waals surface area contributed by atoms with Crippen LogP contribution in [0.2, 0.25) is 0 Å². The maximum Gasteiger partial charge on any atom is 0.0621 e. The first-order valence-electron chi connectivity index (χ1n) is 3.08. The molecule has 2 heteroatoms. The smallest absolute Gasteiger partial charge is 0.0621 e. The van der Waals surface area contributed by atoms with Crippen LogP contribution in [0.3, 0.4) is 0 Å². The standard InChI is InChI=1S/C6H13NO/c1-3-5(7)4(2)6(3)8/h3-6,8H,7H2,1-2H3. The van der Waals surface area contributed by atoms with Gasteiger partial charge in [-0.3, -0.25) is 0 Å². The summed E-state index contributed by atoms with van der Waals surface area (Å²) < 4.78 is 0. The number of hydrogen-bond donors (Lipinski definition) is 2. The van der Waals surface area contributed by atoms with Crippen molar-refractivity contribution in [1.82, 2.24) is 0 Å². The molecule has 1 saturated carbocycles. The molecule has 0 aromatic heterocycles. The van der Waals surface area contributed by atoms with Crippen molar-refractivity contribution >= 4 is 0 Å². The van der Waals surface area contributed by atoms with Crippen molar-refractivity contribution in [1.29, 1.82) is 0 Å². The molecule has 0 heterocycles. The highest BCUT2D eigenvalue weighted by atomic mass is 16.3. The average molecular weight is 115 g/mol. The minimum atomic E-state index is -0.148. The number of aliphatic hydroxyl groups excluding tert-OH is 1. The molecule has 1 rings (SSSR count). The van der Waals surface area contributed by atoms with Crippen LogP contribution >= 0.6 is 0 Å². The van der Waals surface area contributed by atoms with E-state index in [0.29, 0.717) is 11.8 Å². The van der Waals surface area contributed by atoms with E-state index in [0.717, 1.165) is 0 Å². The van der Waals surface area contributed by atoms with E-state index in [1.165, 1.54) is 0 Å². The first-order chi connectivity index (χ1) is 3.64. The zero-order chi connectivity index (χ0) is 6.31. The highest BCUT2D eigenvalue weighted by Gasteiger charge is 2.41. The lowest BCUT2D eigenvalue weighted by molar-refractivity contribution is -0.0435. The van der Waals surface area contributed by atoms with Crippen LogP contribution in [0.25, 0.3) is 0 Å². The van der Waals surface area contributed by atoms with E-state index >= 15 is 0 Å². The average Bonchev–Trinajstić information content (AvgIpc) is 1.83. The molecule has 2 atom stereocenters. The van der Waals surface area contributed by atoms with E-state index in [9.17, 15) is 0 Å². The highest BCUT2D eigenvalue weighted by Crippen LogP contribution is 2.31. The largest absolute Gasteiger partial charge is 0.392 e. The van der Waals surface area contributed by atoms with E-state index in [4.69, 9.17) is 10.8 Å². The van der Waals surface area contributed by atoms with Crippen molar-refractivity contribution in [3.05, 3.63) is 0 Å². The molecule has 0 saturated heterocycles. The van der Waals surface area contributed by atoms with Crippen molar-refractivity contribution in [2.24, 2.45) is 17.6 Å². The zero-order valence-corrected chi connectivity index (χ0v) is 5.33. The van der Waals surface area contributed by atoms with Crippen LogP contribution in [0.1, 0.15) is 13.8 Å². The van der Waals surface area contributed by atoms with Crippen molar-refractivity contribution in [3.63, 3.8) is 0 Å². The Bertz CT molecular complexity index is 62.5. The molecule has 0 bridgehead atoms. The Hall–Kier alpha value is -0.0800. The van der Waals surface area contributed by atoms with Gasteiger partial charge in [-0.05, 0) is 11.8 Å². The van der Waals surface area contributed by atoms with Crippen LogP contribution in [-0.4, -0.2) is 17.3 Å². The quantitative estimate of drug-likeness (QED) is 0.465. The lowest BCUT2D eigenvalue weighted by Crippen LogP contribution is -2.57. The van der Waals surface area contributed by atoms with Gasteiger partial charge < -0.3 is 10.8 Å². The molecule has 3 N–H and O–H groups in total. The van der Waals surface area contributed by atoms with E-state index in [2.05, 4.69) is 0 Å². The van der Waals surface area contributed by atoms with Gasteiger partial charge in [-0.1, -0.05) is 13.8 Å². The SMILES string of the molecule is CC1C(N)C(C)C1O. The summed E-state index contributed by atoms with van der Waals surface area (Å²) in [6.45, 7) is 3.96. The summed E-state index contributed by atoms with van der Waals surface area (Å²) in [5.74, 6) is 0.620. The van der Waals surface area contributed by atoms with Crippen molar-refractivity contribution in [3.8, 4) is 0 Å². The Morgan fingerprint density at radius 1 is 1.25 bits per heavy atom. The highest BCUT2D eigenvalue weighted by molar-refractivity contribution is 4.95. The fourth-order valence-corrected chi connectivity index (χ4v) is 1.27. The molecule has 0 amide bonds. The summed E-state index contributed by atoms with van der Waals surface area (Å²) in [5.41, 5.74) is 5.60. The number of hydrogen-bond acceptors (Lipinski definition) is 2. The molecule has 0 aliphatic heterocycles. The van der Waals surface area contributed by atoms with Gasteiger partial charge in [-0.2, -0.15) is 0 Å². The number of rotatable bonds is 0.